The van der Waals surface area contributed by atoms with Crippen LogP contribution in [0.5, 0.6) is 0 Å². The van der Waals surface area contributed by atoms with E-state index < -0.39 is 0 Å². The average Bonchev–Trinajstić information content (AvgIpc) is 2.08. The first-order valence-corrected chi connectivity index (χ1v) is 5.08. The van der Waals surface area contributed by atoms with E-state index in [0.29, 0.717) is 0 Å². The quantitative estimate of drug-likeness (QED) is 0.668. The number of rotatable bonds is 0. The van der Waals surface area contributed by atoms with Crippen LogP contribution >= 0.6 is 12.4 Å². The average molecular weight is 244 g/mol. The Morgan fingerprint density at radius 1 is 1.50 bits per heavy atom. The summed E-state index contributed by atoms with van der Waals surface area (Å²) in [6.07, 6.45) is 1.80. The van der Waals surface area contributed by atoms with Gasteiger partial charge in [-0.25, -0.2) is 9.98 Å². The number of hydrogen-bond donors (Lipinski definition) is 2. The lowest BCUT2D eigenvalue weighted by molar-refractivity contribution is 0.178. The van der Waals surface area contributed by atoms with Crippen molar-refractivity contribution in [3.05, 3.63) is 11.9 Å². The number of hydrogen-bond acceptors (Lipinski definition) is 5. The molecule has 2 heterocycles. The molecule has 90 valence electrons. The van der Waals surface area contributed by atoms with Crippen molar-refractivity contribution in [2.24, 2.45) is 15.7 Å². The van der Waals surface area contributed by atoms with E-state index in [2.05, 4.69) is 41.0 Å². The molecule has 0 saturated carbocycles. The van der Waals surface area contributed by atoms with Crippen LogP contribution in [0.25, 0.3) is 0 Å². The van der Waals surface area contributed by atoms with Crippen molar-refractivity contribution >= 4 is 24.2 Å². The molecule has 1 atom stereocenters. The van der Waals surface area contributed by atoms with Gasteiger partial charge in [0.2, 0.25) is 5.96 Å². The highest BCUT2D eigenvalue weighted by Crippen LogP contribution is 2.26. The minimum atomic E-state index is -0.299. The Kier molecular flexibility index (Phi) is 3.19. The number of halogens is 1. The van der Waals surface area contributed by atoms with Crippen LogP contribution in [0, 0.1) is 0 Å². The summed E-state index contributed by atoms with van der Waals surface area (Å²) in [6, 6.07) is 0.122. The molecule has 0 aromatic carbocycles. The highest BCUT2D eigenvalue weighted by Gasteiger charge is 2.38. The molecule has 2 aliphatic rings. The summed E-state index contributed by atoms with van der Waals surface area (Å²) in [5.74, 6) is 1.62. The zero-order valence-electron chi connectivity index (χ0n) is 9.98. The lowest BCUT2D eigenvalue weighted by Crippen LogP contribution is -2.60. The highest BCUT2D eigenvalue weighted by molar-refractivity contribution is 5.98. The molecule has 1 unspecified atom stereocenters. The molecule has 6 heteroatoms. The first kappa shape index (κ1) is 12.8. The van der Waals surface area contributed by atoms with E-state index in [-0.39, 0.29) is 24.1 Å². The van der Waals surface area contributed by atoms with Crippen molar-refractivity contribution in [1.82, 2.24) is 10.2 Å². The maximum absolute atomic E-state index is 5.89. The van der Waals surface area contributed by atoms with Crippen LogP contribution in [0.1, 0.15) is 27.7 Å². The summed E-state index contributed by atoms with van der Waals surface area (Å²) >= 11 is 0. The second-order valence-corrected chi connectivity index (χ2v) is 4.42. The first-order valence-electron chi connectivity index (χ1n) is 5.08. The minimum absolute atomic E-state index is 0. The van der Waals surface area contributed by atoms with Gasteiger partial charge in [0.05, 0.1) is 6.04 Å². The van der Waals surface area contributed by atoms with Gasteiger partial charge in [0.25, 0.3) is 0 Å². The third kappa shape index (κ3) is 1.87. The van der Waals surface area contributed by atoms with E-state index in [9.17, 15) is 0 Å². The second-order valence-electron chi connectivity index (χ2n) is 4.42. The molecule has 5 nitrogen and oxygen atoms in total. The zero-order valence-corrected chi connectivity index (χ0v) is 10.8. The Labute approximate surface area is 102 Å². The molecule has 0 radical (unpaired) electrons. The smallest absolute Gasteiger partial charge is 0.206 e. The normalized spacial score (nSPS) is 26.6. The standard InChI is InChI=1S/C10H17N5.ClH/c1-6-8(11)5-12-9-13-7(2)14-10(3,4)15(6)9;/h5-6H,11H2,1-4H3,(H,12,13,14);1H. The molecular weight excluding hydrogens is 226 g/mol. The third-order valence-corrected chi connectivity index (χ3v) is 2.76. The lowest BCUT2D eigenvalue weighted by atomic mass is 10.1. The maximum atomic E-state index is 5.89. The Hall–Kier alpha value is -1.23. The van der Waals surface area contributed by atoms with Crippen LogP contribution in [-0.2, 0) is 0 Å². The van der Waals surface area contributed by atoms with Crippen LogP contribution in [0.15, 0.2) is 21.9 Å². The molecule has 16 heavy (non-hydrogen) atoms. The van der Waals surface area contributed by atoms with E-state index in [1.54, 1.807) is 6.20 Å². The van der Waals surface area contributed by atoms with Gasteiger partial charge in [-0.2, -0.15) is 0 Å². The fourth-order valence-electron chi connectivity index (χ4n) is 2.12. The van der Waals surface area contributed by atoms with Gasteiger partial charge in [-0.3, -0.25) is 0 Å². The number of fused-ring (bicyclic) bond motifs is 1. The topological polar surface area (TPSA) is 66.0 Å². The first-order chi connectivity index (χ1) is 6.92. The Bertz CT molecular complexity index is 383. The zero-order chi connectivity index (χ0) is 11.2. The molecule has 0 fully saturated rings. The summed E-state index contributed by atoms with van der Waals surface area (Å²) in [6.45, 7) is 8.07. The number of nitrogens with zero attached hydrogens (tertiary/aromatic N) is 3. The van der Waals surface area contributed by atoms with Crippen molar-refractivity contribution < 1.29 is 0 Å². The lowest BCUT2D eigenvalue weighted by Gasteiger charge is -2.46. The molecule has 2 aliphatic heterocycles. The second kappa shape index (κ2) is 3.97. The number of nitrogens with two attached hydrogens (primary N) is 1. The van der Waals surface area contributed by atoms with Gasteiger partial charge in [-0.05, 0) is 27.7 Å². The molecular formula is C10H18ClN5. The van der Waals surface area contributed by atoms with E-state index in [1.165, 1.54) is 0 Å². The van der Waals surface area contributed by atoms with Crippen molar-refractivity contribution in [2.75, 3.05) is 0 Å². The Morgan fingerprint density at radius 3 is 2.75 bits per heavy atom. The molecule has 3 N–H and O–H groups in total. The molecule has 0 saturated heterocycles. The third-order valence-electron chi connectivity index (χ3n) is 2.76. The number of guanidine groups is 1. The molecule has 0 aromatic heterocycles. The monoisotopic (exact) mass is 243 g/mol. The number of amidine groups is 1. The SMILES string of the molecule is CC1=NC(C)(C)N2C(=N1)NC=C(N)C2C.Cl. The minimum Gasteiger partial charge on any atom is -0.399 e. The van der Waals surface area contributed by atoms with Gasteiger partial charge in [0.15, 0.2) is 0 Å². The van der Waals surface area contributed by atoms with Crippen molar-refractivity contribution in [1.29, 1.82) is 0 Å². The van der Waals surface area contributed by atoms with Crippen LogP contribution in [-0.4, -0.2) is 28.4 Å². The van der Waals surface area contributed by atoms with Gasteiger partial charge in [0.1, 0.15) is 11.5 Å². The summed E-state index contributed by atoms with van der Waals surface area (Å²) in [5, 5.41) is 3.10. The van der Waals surface area contributed by atoms with Crippen LogP contribution in [0.2, 0.25) is 0 Å². The van der Waals surface area contributed by atoms with Gasteiger partial charge < -0.3 is 16.0 Å². The fraction of sp³-hybridized carbons (Fsp3) is 0.600. The van der Waals surface area contributed by atoms with E-state index in [0.717, 1.165) is 17.5 Å². The summed E-state index contributed by atoms with van der Waals surface area (Å²) < 4.78 is 0. The molecule has 0 aliphatic carbocycles. The van der Waals surface area contributed by atoms with Gasteiger partial charge >= 0.3 is 0 Å². The molecule has 0 spiro atoms. The summed E-state index contributed by atoms with van der Waals surface area (Å²) in [5.41, 5.74) is 6.40. The fourth-order valence-corrected chi connectivity index (χ4v) is 2.12. The number of nitrogens with one attached hydrogen (secondary N) is 1. The van der Waals surface area contributed by atoms with Gasteiger partial charge in [-0.1, -0.05) is 0 Å². The van der Waals surface area contributed by atoms with E-state index in [1.807, 2.05) is 6.92 Å². The highest BCUT2D eigenvalue weighted by atomic mass is 35.5. The number of aliphatic imine (C=N–C) groups is 2. The van der Waals surface area contributed by atoms with Crippen molar-refractivity contribution in [3.63, 3.8) is 0 Å². The molecule has 0 aromatic rings. The van der Waals surface area contributed by atoms with Gasteiger partial charge in [0, 0.05) is 11.9 Å². The van der Waals surface area contributed by atoms with Gasteiger partial charge in [-0.15, -0.1) is 12.4 Å². The summed E-state index contributed by atoms with van der Waals surface area (Å²) in [7, 11) is 0. The van der Waals surface area contributed by atoms with E-state index >= 15 is 0 Å². The predicted octanol–water partition coefficient (Wildman–Crippen LogP) is 1.03. The molecule has 2 rings (SSSR count). The van der Waals surface area contributed by atoms with Crippen molar-refractivity contribution in [2.45, 2.75) is 39.4 Å². The molecule has 0 amide bonds. The van der Waals surface area contributed by atoms with Crippen LogP contribution in [0.3, 0.4) is 0 Å². The largest absolute Gasteiger partial charge is 0.399 e. The van der Waals surface area contributed by atoms with Crippen molar-refractivity contribution in [3.8, 4) is 0 Å². The molecule has 0 bridgehead atoms. The van der Waals surface area contributed by atoms with Crippen LogP contribution in [0.4, 0.5) is 0 Å². The van der Waals surface area contributed by atoms with Crippen LogP contribution < -0.4 is 11.1 Å². The Balaban J connectivity index is 0.00000128. The predicted molar refractivity (Wildman–Crippen MR) is 68.6 cm³/mol. The van der Waals surface area contributed by atoms with E-state index in [4.69, 9.17) is 5.73 Å². The summed E-state index contributed by atoms with van der Waals surface area (Å²) in [4.78, 5) is 11.0. The Morgan fingerprint density at radius 2 is 2.12 bits per heavy atom. The maximum Gasteiger partial charge on any atom is 0.206 e.